The minimum Gasteiger partial charge on any atom is -0.383 e. The number of halogens is 1. The van der Waals surface area contributed by atoms with Crippen molar-refractivity contribution in [3.05, 3.63) is 23.5 Å². The summed E-state index contributed by atoms with van der Waals surface area (Å²) >= 11 is 7.92. The molecule has 0 radical (unpaired) electrons. The molecule has 0 aliphatic rings. The fraction of sp³-hybridized carbons (Fsp3) is 0.500. The van der Waals surface area contributed by atoms with Gasteiger partial charge < -0.3 is 5.32 Å². The van der Waals surface area contributed by atoms with Crippen LogP contribution < -0.4 is 5.32 Å². The van der Waals surface area contributed by atoms with Crippen molar-refractivity contribution in [3.63, 3.8) is 0 Å². The number of pyridine rings is 1. The molecule has 4 heteroatoms. The number of nitrogens with zero attached hydrogens (tertiary/aromatic N) is 1. The van der Waals surface area contributed by atoms with E-state index >= 15 is 0 Å². The first-order chi connectivity index (χ1) is 6.84. The summed E-state index contributed by atoms with van der Waals surface area (Å²) in [6.07, 6.45) is 4.61. The summed E-state index contributed by atoms with van der Waals surface area (Å²) in [5.74, 6) is 2.38. The number of hydrogen-bond donors (Lipinski definition) is 1. The number of aromatic nitrogens is 1. The summed E-state index contributed by atoms with van der Waals surface area (Å²) in [6, 6.07) is 1.80. The third-order valence-corrected chi connectivity index (χ3v) is 3.07. The van der Waals surface area contributed by atoms with Crippen molar-refractivity contribution in [1.82, 2.24) is 4.98 Å². The SMILES string of the molecule is CCSCCCNc1cnccc1Cl. The van der Waals surface area contributed by atoms with E-state index in [4.69, 9.17) is 11.6 Å². The van der Waals surface area contributed by atoms with Gasteiger partial charge in [0, 0.05) is 12.7 Å². The van der Waals surface area contributed by atoms with Gasteiger partial charge in [-0.3, -0.25) is 4.98 Å². The van der Waals surface area contributed by atoms with Gasteiger partial charge in [0.2, 0.25) is 0 Å². The molecule has 1 aromatic rings. The monoisotopic (exact) mass is 230 g/mol. The second kappa shape index (κ2) is 6.96. The summed E-state index contributed by atoms with van der Waals surface area (Å²) in [7, 11) is 0. The normalized spacial score (nSPS) is 10.1. The Kier molecular flexibility index (Phi) is 5.80. The molecule has 78 valence electrons. The summed E-state index contributed by atoms with van der Waals surface area (Å²) in [5, 5.41) is 4.00. The zero-order valence-corrected chi connectivity index (χ0v) is 9.87. The Balaban J connectivity index is 2.21. The molecule has 0 unspecified atom stereocenters. The second-order valence-electron chi connectivity index (χ2n) is 2.83. The van der Waals surface area contributed by atoms with Gasteiger partial charge in [0.1, 0.15) is 0 Å². The largest absolute Gasteiger partial charge is 0.383 e. The molecule has 1 heterocycles. The summed E-state index contributed by atoms with van der Waals surface area (Å²) in [5.41, 5.74) is 0.927. The molecule has 0 aromatic carbocycles. The molecule has 0 aliphatic heterocycles. The summed E-state index contributed by atoms with van der Waals surface area (Å²) < 4.78 is 0. The molecule has 0 fully saturated rings. The second-order valence-corrected chi connectivity index (χ2v) is 4.63. The topological polar surface area (TPSA) is 24.9 Å². The van der Waals surface area contributed by atoms with Crippen LogP contribution in [0.5, 0.6) is 0 Å². The van der Waals surface area contributed by atoms with Gasteiger partial charge in [-0.25, -0.2) is 0 Å². The smallest absolute Gasteiger partial charge is 0.0716 e. The minimum absolute atomic E-state index is 0.739. The third-order valence-electron chi connectivity index (χ3n) is 1.75. The molecule has 1 rings (SSSR count). The molecular weight excluding hydrogens is 216 g/mol. The van der Waals surface area contributed by atoms with Gasteiger partial charge in [0.25, 0.3) is 0 Å². The van der Waals surface area contributed by atoms with Crippen LogP contribution in [-0.2, 0) is 0 Å². The van der Waals surface area contributed by atoms with E-state index < -0.39 is 0 Å². The van der Waals surface area contributed by atoms with Gasteiger partial charge >= 0.3 is 0 Å². The van der Waals surface area contributed by atoms with Crippen LogP contribution in [0.15, 0.2) is 18.5 Å². The Bertz CT molecular complexity index is 268. The van der Waals surface area contributed by atoms with Gasteiger partial charge in [-0.15, -0.1) is 0 Å². The van der Waals surface area contributed by atoms with E-state index in [-0.39, 0.29) is 0 Å². The Morgan fingerprint density at radius 2 is 2.43 bits per heavy atom. The fourth-order valence-electron chi connectivity index (χ4n) is 1.05. The van der Waals surface area contributed by atoms with Crippen molar-refractivity contribution in [2.24, 2.45) is 0 Å². The quantitative estimate of drug-likeness (QED) is 0.760. The average Bonchev–Trinajstić information content (AvgIpc) is 2.20. The van der Waals surface area contributed by atoms with E-state index in [1.165, 1.54) is 11.5 Å². The molecule has 0 saturated carbocycles. The maximum absolute atomic E-state index is 5.96. The molecule has 0 spiro atoms. The van der Waals surface area contributed by atoms with E-state index in [2.05, 4.69) is 17.2 Å². The number of nitrogens with one attached hydrogen (secondary N) is 1. The van der Waals surface area contributed by atoms with Crippen LogP contribution >= 0.6 is 23.4 Å². The predicted molar refractivity (Wildman–Crippen MR) is 65.4 cm³/mol. The van der Waals surface area contributed by atoms with Crippen molar-refractivity contribution >= 4 is 29.1 Å². The molecule has 14 heavy (non-hydrogen) atoms. The van der Waals surface area contributed by atoms with Crippen LogP contribution in [-0.4, -0.2) is 23.0 Å². The molecule has 0 bridgehead atoms. The minimum atomic E-state index is 0.739. The van der Waals surface area contributed by atoms with E-state index in [1.807, 2.05) is 11.8 Å². The lowest BCUT2D eigenvalue weighted by atomic mass is 10.4. The van der Waals surface area contributed by atoms with Gasteiger partial charge in [-0.2, -0.15) is 11.8 Å². The zero-order chi connectivity index (χ0) is 10.2. The highest BCUT2D eigenvalue weighted by Crippen LogP contribution is 2.18. The molecule has 0 amide bonds. The van der Waals surface area contributed by atoms with Crippen molar-refractivity contribution in [2.45, 2.75) is 13.3 Å². The number of anilines is 1. The molecule has 2 nitrogen and oxygen atoms in total. The van der Waals surface area contributed by atoms with Gasteiger partial charge in [0.05, 0.1) is 16.9 Å². The standard InChI is InChI=1S/C10H15ClN2S/c1-2-14-7-3-5-13-10-8-12-6-4-9(10)11/h4,6,8,13H,2-3,5,7H2,1H3. The van der Waals surface area contributed by atoms with E-state index in [9.17, 15) is 0 Å². The average molecular weight is 231 g/mol. The molecule has 0 aliphatic carbocycles. The van der Waals surface area contributed by atoms with Crippen LogP contribution in [0.2, 0.25) is 5.02 Å². The van der Waals surface area contributed by atoms with Crippen LogP contribution in [0.3, 0.4) is 0 Å². The van der Waals surface area contributed by atoms with E-state index in [1.54, 1.807) is 18.5 Å². The number of hydrogen-bond acceptors (Lipinski definition) is 3. The van der Waals surface area contributed by atoms with Gasteiger partial charge in [0.15, 0.2) is 0 Å². The first-order valence-electron chi connectivity index (χ1n) is 4.75. The molecular formula is C10H15ClN2S. The Morgan fingerprint density at radius 1 is 1.57 bits per heavy atom. The van der Waals surface area contributed by atoms with E-state index in [0.717, 1.165) is 23.7 Å². The highest BCUT2D eigenvalue weighted by molar-refractivity contribution is 7.99. The molecule has 0 saturated heterocycles. The summed E-state index contributed by atoms with van der Waals surface area (Å²) in [6.45, 7) is 3.13. The van der Waals surface area contributed by atoms with Crippen molar-refractivity contribution in [2.75, 3.05) is 23.4 Å². The maximum atomic E-state index is 5.96. The fourth-order valence-corrected chi connectivity index (χ4v) is 1.86. The first-order valence-corrected chi connectivity index (χ1v) is 6.29. The first kappa shape index (κ1) is 11.7. The molecule has 0 atom stereocenters. The third kappa shape index (κ3) is 4.20. The van der Waals surface area contributed by atoms with Crippen LogP contribution in [0.4, 0.5) is 5.69 Å². The summed E-state index contributed by atoms with van der Waals surface area (Å²) in [4.78, 5) is 4.01. The number of rotatable bonds is 6. The van der Waals surface area contributed by atoms with Gasteiger partial charge in [-0.1, -0.05) is 18.5 Å². The van der Waals surface area contributed by atoms with Crippen molar-refractivity contribution in [1.29, 1.82) is 0 Å². The van der Waals surface area contributed by atoms with E-state index in [0.29, 0.717) is 0 Å². The molecule has 1 N–H and O–H groups in total. The van der Waals surface area contributed by atoms with Crippen LogP contribution in [0, 0.1) is 0 Å². The van der Waals surface area contributed by atoms with Gasteiger partial charge in [-0.05, 0) is 24.0 Å². The Hall–Kier alpha value is -0.410. The highest BCUT2D eigenvalue weighted by atomic mass is 35.5. The zero-order valence-electron chi connectivity index (χ0n) is 8.29. The van der Waals surface area contributed by atoms with Crippen molar-refractivity contribution < 1.29 is 0 Å². The highest BCUT2D eigenvalue weighted by Gasteiger charge is 1.97. The lowest BCUT2D eigenvalue weighted by Crippen LogP contribution is -2.03. The number of thioether (sulfide) groups is 1. The lowest BCUT2D eigenvalue weighted by molar-refractivity contribution is 0.989. The predicted octanol–water partition coefficient (Wildman–Crippen LogP) is 3.29. The maximum Gasteiger partial charge on any atom is 0.0716 e. The Morgan fingerprint density at radius 3 is 3.14 bits per heavy atom. The molecule has 1 aromatic heterocycles. The van der Waals surface area contributed by atoms with Crippen LogP contribution in [0.1, 0.15) is 13.3 Å². The van der Waals surface area contributed by atoms with Crippen molar-refractivity contribution in [3.8, 4) is 0 Å². The Labute approximate surface area is 94.5 Å². The lowest BCUT2D eigenvalue weighted by Gasteiger charge is -2.06. The van der Waals surface area contributed by atoms with Crippen LogP contribution in [0.25, 0.3) is 0 Å².